The van der Waals surface area contributed by atoms with Gasteiger partial charge in [-0.3, -0.25) is 19.2 Å². The first-order chi connectivity index (χ1) is 15.5. The van der Waals surface area contributed by atoms with Crippen LogP contribution < -0.4 is 21.7 Å². The number of rotatable bonds is 13. The first kappa shape index (κ1) is 28.1. The minimum atomic E-state index is -1.56. The largest absolute Gasteiger partial charge is 0.508 e. The van der Waals surface area contributed by atoms with Crippen molar-refractivity contribution in [2.45, 2.75) is 37.0 Å². The highest BCUT2D eigenvalue weighted by Crippen LogP contribution is 2.12. The molecule has 1 aromatic rings. The van der Waals surface area contributed by atoms with Crippen LogP contribution in [0.5, 0.6) is 5.75 Å². The van der Waals surface area contributed by atoms with Gasteiger partial charge in [0.25, 0.3) is 0 Å². The van der Waals surface area contributed by atoms with Gasteiger partial charge < -0.3 is 37.0 Å². The summed E-state index contributed by atoms with van der Waals surface area (Å²) < 4.78 is 0. The smallest absolute Gasteiger partial charge is 0.327 e. The molecule has 4 unspecified atom stereocenters. The average molecular weight is 503 g/mol. The van der Waals surface area contributed by atoms with E-state index in [2.05, 4.69) is 41.2 Å². The average Bonchev–Trinajstić information content (AvgIpc) is 2.76. The van der Waals surface area contributed by atoms with Crippen LogP contribution in [0.25, 0.3) is 0 Å². The summed E-state index contributed by atoms with van der Waals surface area (Å²) in [6, 6.07) is 0.336. The Bertz CT molecular complexity index is 868. The lowest BCUT2D eigenvalue weighted by Crippen LogP contribution is -2.58. The minimum Gasteiger partial charge on any atom is -0.508 e. The number of carbonyl (C=O) groups excluding carboxylic acids is 3. The number of carboxylic acids is 2. The Hall–Kier alpha value is -2.97. The van der Waals surface area contributed by atoms with Crippen molar-refractivity contribution in [3.05, 3.63) is 29.8 Å². The van der Waals surface area contributed by atoms with E-state index in [0.717, 1.165) is 0 Å². The quantitative estimate of drug-likeness (QED) is 0.138. The Labute approximate surface area is 200 Å². The van der Waals surface area contributed by atoms with E-state index in [1.165, 1.54) is 24.3 Å². The lowest BCUT2D eigenvalue weighted by molar-refractivity contribution is -0.142. The van der Waals surface area contributed by atoms with Crippen LogP contribution >= 0.6 is 25.3 Å². The van der Waals surface area contributed by atoms with Crippen LogP contribution in [0.4, 0.5) is 0 Å². The standard InChI is InChI=1S/C19H26N4O8S2/c20-11(7-32)16(27)21-13(6-15(25)26)18(29)22-12(5-9-1-3-10(24)4-2-9)17(28)23-14(8-33)19(30)31/h1-4,11-14,24,32-33H,5-8,20H2,(H,21,27)(H,22,29)(H,23,28)(H,25,26)(H,30,31). The third-order valence-electron chi connectivity index (χ3n) is 4.35. The Morgan fingerprint density at radius 3 is 1.82 bits per heavy atom. The van der Waals surface area contributed by atoms with E-state index in [1.54, 1.807) is 0 Å². The molecular weight excluding hydrogens is 476 g/mol. The van der Waals surface area contributed by atoms with Crippen molar-refractivity contribution < 1.29 is 39.3 Å². The second-order valence-corrected chi connectivity index (χ2v) is 7.69. The molecule has 3 amide bonds. The zero-order chi connectivity index (χ0) is 25.1. The number of hydrogen-bond donors (Lipinski definition) is 9. The first-order valence-corrected chi connectivity index (χ1v) is 10.9. The summed E-state index contributed by atoms with van der Waals surface area (Å²) in [6.45, 7) is 0. The normalized spacial score (nSPS) is 14.3. The van der Waals surface area contributed by atoms with Gasteiger partial charge in [0.05, 0.1) is 12.5 Å². The number of carboxylic acid groups (broad SMARTS) is 2. The number of phenolic OH excluding ortho intramolecular Hbond substituents is 1. The molecule has 0 aliphatic carbocycles. The highest BCUT2D eigenvalue weighted by Gasteiger charge is 2.31. The van der Waals surface area contributed by atoms with Crippen LogP contribution in [0.3, 0.4) is 0 Å². The first-order valence-electron chi connectivity index (χ1n) is 9.59. The topological polar surface area (TPSA) is 208 Å². The number of benzene rings is 1. The lowest BCUT2D eigenvalue weighted by Gasteiger charge is -2.24. The van der Waals surface area contributed by atoms with E-state index < -0.39 is 60.2 Å². The summed E-state index contributed by atoms with van der Waals surface area (Å²) in [5.41, 5.74) is 6.04. The van der Waals surface area contributed by atoms with Crippen molar-refractivity contribution in [2.24, 2.45) is 5.73 Å². The van der Waals surface area contributed by atoms with E-state index >= 15 is 0 Å². The van der Waals surface area contributed by atoms with Crippen molar-refractivity contribution in [3.8, 4) is 5.75 Å². The molecule has 4 atom stereocenters. The predicted molar refractivity (Wildman–Crippen MR) is 123 cm³/mol. The number of aliphatic carboxylic acids is 2. The zero-order valence-corrected chi connectivity index (χ0v) is 19.1. The molecule has 0 spiro atoms. The molecule has 8 N–H and O–H groups in total. The monoisotopic (exact) mass is 502 g/mol. The predicted octanol–water partition coefficient (Wildman–Crippen LogP) is -1.86. The Kier molecular flexibility index (Phi) is 11.5. The van der Waals surface area contributed by atoms with Gasteiger partial charge in [-0.2, -0.15) is 25.3 Å². The van der Waals surface area contributed by atoms with Gasteiger partial charge in [0.1, 0.15) is 23.9 Å². The van der Waals surface area contributed by atoms with Crippen molar-refractivity contribution in [1.82, 2.24) is 16.0 Å². The van der Waals surface area contributed by atoms with Gasteiger partial charge in [-0.05, 0) is 17.7 Å². The highest BCUT2D eigenvalue weighted by atomic mass is 32.1. The number of amides is 3. The van der Waals surface area contributed by atoms with E-state index in [0.29, 0.717) is 5.56 Å². The molecule has 0 radical (unpaired) electrons. The van der Waals surface area contributed by atoms with Crippen molar-refractivity contribution in [1.29, 1.82) is 0 Å². The van der Waals surface area contributed by atoms with E-state index in [1.807, 2.05) is 0 Å². The van der Waals surface area contributed by atoms with E-state index in [9.17, 15) is 29.1 Å². The van der Waals surface area contributed by atoms with Crippen LogP contribution in [-0.4, -0.2) is 80.7 Å². The number of hydrogen-bond acceptors (Lipinski definition) is 9. The maximum atomic E-state index is 12.8. The molecule has 0 aromatic heterocycles. The summed E-state index contributed by atoms with van der Waals surface area (Å²) in [5, 5.41) is 34.5. The minimum absolute atomic E-state index is 0.0328. The highest BCUT2D eigenvalue weighted by molar-refractivity contribution is 7.80. The Morgan fingerprint density at radius 2 is 1.33 bits per heavy atom. The molecule has 1 rings (SSSR count). The number of nitrogens with two attached hydrogens (primary N) is 1. The Balaban J connectivity index is 3.12. The van der Waals surface area contributed by atoms with Gasteiger partial charge in [0.15, 0.2) is 0 Å². The van der Waals surface area contributed by atoms with Crippen LogP contribution in [0, 0.1) is 0 Å². The summed E-state index contributed by atoms with van der Waals surface area (Å²) >= 11 is 7.75. The number of thiol groups is 2. The summed E-state index contributed by atoms with van der Waals surface area (Å²) in [6.07, 6.45) is -0.917. The third-order valence-corrected chi connectivity index (χ3v) is 5.11. The van der Waals surface area contributed by atoms with Gasteiger partial charge in [0, 0.05) is 17.9 Å². The lowest BCUT2D eigenvalue weighted by atomic mass is 10.0. The van der Waals surface area contributed by atoms with Crippen LogP contribution in [-0.2, 0) is 30.4 Å². The van der Waals surface area contributed by atoms with Gasteiger partial charge in [0.2, 0.25) is 17.7 Å². The number of nitrogens with one attached hydrogen (secondary N) is 3. The fourth-order valence-corrected chi connectivity index (χ4v) is 2.97. The van der Waals surface area contributed by atoms with Crippen molar-refractivity contribution in [2.75, 3.05) is 11.5 Å². The van der Waals surface area contributed by atoms with Gasteiger partial charge in [-0.1, -0.05) is 12.1 Å². The SMILES string of the molecule is NC(CS)C(=O)NC(CC(=O)O)C(=O)NC(Cc1ccc(O)cc1)C(=O)NC(CS)C(=O)O. The summed E-state index contributed by atoms with van der Waals surface area (Å²) in [4.78, 5) is 60.0. The van der Waals surface area contributed by atoms with Gasteiger partial charge in [-0.15, -0.1) is 0 Å². The molecule has 0 saturated heterocycles. The molecule has 0 fully saturated rings. The van der Waals surface area contributed by atoms with Crippen molar-refractivity contribution >= 4 is 54.9 Å². The fourth-order valence-electron chi connectivity index (χ4n) is 2.55. The second-order valence-electron chi connectivity index (χ2n) is 6.96. The second kappa shape index (κ2) is 13.5. The van der Waals surface area contributed by atoms with E-state index in [4.69, 9.17) is 15.9 Å². The maximum Gasteiger partial charge on any atom is 0.327 e. The molecule has 14 heteroatoms. The molecule has 0 saturated carbocycles. The molecule has 0 bridgehead atoms. The van der Waals surface area contributed by atoms with Gasteiger partial charge >= 0.3 is 11.9 Å². The molecule has 33 heavy (non-hydrogen) atoms. The van der Waals surface area contributed by atoms with Crippen LogP contribution in [0.1, 0.15) is 12.0 Å². The van der Waals surface area contributed by atoms with Crippen molar-refractivity contribution in [3.63, 3.8) is 0 Å². The number of carbonyl (C=O) groups is 5. The molecule has 12 nitrogen and oxygen atoms in total. The van der Waals surface area contributed by atoms with Gasteiger partial charge in [-0.25, -0.2) is 4.79 Å². The van der Waals surface area contributed by atoms with Crippen LogP contribution in [0.2, 0.25) is 0 Å². The molecular formula is C19H26N4O8S2. The zero-order valence-electron chi connectivity index (χ0n) is 17.3. The Morgan fingerprint density at radius 1 is 0.818 bits per heavy atom. The summed E-state index contributed by atoms with van der Waals surface area (Å²) in [7, 11) is 0. The fraction of sp³-hybridized carbons (Fsp3) is 0.421. The molecule has 1 aromatic carbocycles. The number of phenols is 1. The molecule has 0 aliphatic rings. The molecule has 0 heterocycles. The molecule has 182 valence electrons. The summed E-state index contributed by atoms with van der Waals surface area (Å²) in [5.74, 6) is -5.72. The molecule has 0 aliphatic heterocycles. The van der Waals surface area contributed by atoms with E-state index in [-0.39, 0.29) is 23.7 Å². The van der Waals surface area contributed by atoms with Crippen LogP contribution in [0.15, 0.2) is 24.3 Å². The number of aromatic hydroxyl groups is 1. The third kappa shape index (κ3) is 9.59. The maximum absolute atomic E-state index is 12.8.